The van der Waals surface area contributed by atoms with Crippen LogP contribution in [0.25, 0.3) is 0 Å². The molecule has 1 heteroatoms. The average Bonchev–Trinajstić information content (AvgIpc) is 2.30. The molecule has 2 rings (SSSR count). The lowest BCUT2D eigenvalue weighted by Gasteiger charge is -2.27. The minimum absolute atomic E-state index is 0.400. The molecule has 1 fully saturated rings. The summed E-state index contributed by atoms with van der Waals surface area (Å²) in [5.74, 6) is 1.16. The van der Waals surface area contributed by atoms with Crippen LogP contribution >= 0.6 is 0 Å². The summed E-state index contributed by atoms with van der Waals surface area (Å²) in [4.78, 5) is 4.39. The number of pyridine rings is 1. The molecule has 0 bridgehead atoms. The maximum Gasteiger partial charge on any atom is 0.0437 e. The van der Waals surface area contributed by atoms with E-state index in [1.807, 2.05) is 12.3 Å². The Hall–Kier alpha value is -0.850. The lowest BCUT2D eigenvalue weighted by atomic mass is 9.79. The van der Waals surface area contributed by atoms with E-state index in [0.717, 1.165) is 5.92 Å². The van der Waals surface area contributed by atoms with E-state index in [0.29, 0.717) is 5.92 Å². The SMILES string of the molecule is [CH2]C(c1ccccn1)C1CCCCC1. The van der Waals surface area contributed by atoms with Gasteiger partial charge in [0, 0.05) is 17.8 Å². The van der Waals surface area contributed by atoms with Crippen LogP contribution in [0.2, 0.25) is 0 Å². The Balaban J connectivity index is 2.03. The summed E-state index contributed by atoms with van der Waals surface area (Å²) < 4.78 is 0. The number of rotatable bonds is 2. The van der Waals surface area contributed by atoms with Crippen LogP contribution in [0.5, 0.6) is 0 Å². The molecule has 0 saturated heterocycles. The van der Waals surface area contributed by atoms with Crippen molar-refractivity contribution in [2.75, 3.05) is 0 Å². The summed E-state index contributed by atoms with van der Waals surface area (Å²) >= 11 is 0. The summed E-state index contributed by atoms with van der Waals surface area (Å²) in [6, 6.07) is 6.13. The van der Waals surface area contributed by atoms with E-state index in [9.17, 15) is 0 Å². The van der Waals surface area contributed by atoms with Gasteiger partial charge >= 0.3 is 0 Å². The van der Waals surface area contributed by atoms with Crippen molar-refractivity contribution in [3.63, 3.8) is 0 Å². The van der Waals surface area contributed by atoms with Gasteiger partial charge in [0.2, 0.25) is 0 Å². The fraction of sp³-hybridized carbons (Fsp3) is 0.538. The fourth-order valence-corrected chi connectivity index (χ4v) is 2.37. The standard InChI is InChI=1S/C13H18N/c1-11(12-7-3-2-4-8-12)13-9-5-6-10-14-13/h5-6,9-12H,1-4,7-8H2. The van der Waals surface area contributed by atoms with Gasteiger partial charge in [0.05, 0.1) is 0 Å². The first-order valence-electron chi connectivity index (χ1n) is 5.62. The summed E-state index contributed by atoms with van der Waals surface area (Å²) in [5.41, 5.74) is 1.17. The summed E-state index contributed by atoms with van der Waals surface area (Å²) in [6.45, 7) is 4.27. The highest BCUT2D eigenvalue weighted by atomic mass is 14.7. The predicted molar refractivity (Wildman–Crippen MR) is 58.9 cm³/mol. The Morgan fingerprint density at radius 3 is 2.64 bits per heavy atom. The van der Waals surface area contributed by atoms with Crippen molar-refractivity contribution >= 4 is 0 Å². The zero-order valence-electron chi connectivity index (χ0n) is 8.65. The number of aromatic nitrogens is 1. The molecule has 0 aromatic carbocycles. The van der Waals surface area contributed by atoms with Gasteiger partial charge in [-0.1, -0.05) is 25.3 Å². The largest absolute Gasteiger partial charge is 0.261 e. The maximum atomic E-state index is 4.39. The number of hydrogen-bond acceptors (Lipinski definition) is 1. The smallest absolute Gasteiger partial charge is 0.0437 e. The number of nitrogens with zero attached hydrogens (tertiary/aromatic N) is 1. The molecule has 1 nitrogen and oxygen atoms in total. The quantitative estimate of drug-likeness (QED) is 0.691. The first-order valence-corrected chi connectivity index (χ1v) is 5.62. The monoisotopic (exact) mass is 188 g/mol. The molecular weight excluding hydrogens is 170 g/mol. The Morgan fingerprint density at radius 2 is 2.00 bits per heavy atom. The molecule has 1 aromatic rings. The van der Waals surface area contributed by atoms with E-state index in [1.54, 1.807) is 0 Å². The van der Waals surface area contributed by atoms with Gasteiger partial charge in [0.15, 0.2) is 0 Å². The van der Waals surface area contributed by atoms with Crippen molar-refractivity contribution in [3.8, 4) is 0 Å². The van der Waals surface area contributed by atoms with Gasteiger partial charge in [0.25, 0.3) is 0 Å². The van der Waals surface area contributed by atoms with E-state index in [4.69, 9.17) is 0 Å². The molecule has 0 N–H and O–H groups in total. The van der Waals surface area contributed by atoms with Gasteiger partial charge in [-0.2, -0.15) is 0 Å². The highest BCUT2D eigenvalue weighted by Crippen LogP contribution is 2.34. The Bertz CT molecular complexity index is 262. The average molecular weight is 188 g/mol. The van der Waals surface area contributed by atoms with Crippen LogP contribution < -0.4 is 0 Å². The fourth-order valence-electron chi connectivity index (χ4n) is 2.37. The molecule has 75 valence electrons. The lowest BCUT2D eigenvalue weighted by molar-refractivity contribution is 0.328. The van der Waals surface area contributed by atoms with E-state index < -0.39 is 0 Å². The number of hydrogen-bond donors (Lipinski definition) is 0. The molecule has 1 saturated carbocycles. The molecule has 1 atom stereocenters. The van der Waals surface area contributed by atoms with Crippen LogP contribution in [0.1, 0.15) is 43.7 Å². The molecule has 1 unspecified atom stereocenters. The van der Waals surface area contributed by atoms with E-state index in [2.05, 4.69) is 24.0 Å². The van der Waals surface area contributed by atoms with Crippen molar-refractivity contribution in [2.24, 2.45) is 5.92 Å². The van der Waals surface area contributed by atoms with Gasteiger partial charge in [-0.25, -0.2) is 0 Å². The van der Waals surface area contributed by atoms with Gasteiger partial charge in [-0.05, 0) is 37.8 Å². The van der Waals surface area contributed by atoms with Crippen LogP contribution in [0.15, 0.2) is 24.4 Å². The maximum absolute atomic E-state index is 4.39. The van der Waals surface area contributed by atoms with Crippen molar-refractivity contribution in [1.82, 2.24) is 4.98 Å². The van der Waals surface area contributed by atoms with Gasteiger partial charge in [-0.15, -0.1) is 0 Å². The van der Waals surface area contributed by atoms with E-state index >= 15 is 0 Å². The third-order valence-electron chi connectivity index (χ3n) is 3.29. The molecule has 1 aromatic heterocycles. The Kier molecular flexibility index (Phi) is 3.18. The van der Waals surface area contributed by atoms with E-state index in [1.165, 1.54) is 37.8 Å². The zero-order chi connectivity index (χ0) is 9.80. The second-order valence-electron chi connectivity index (χ2n) is 4.26. The topological polar surface area (TPSA) is 12.9 Å². The second kappa shape index (κ2) is 4.59. The molecule has 0 spiro atoms. The normalized spacial score (nSPS) is 20.6. The molecule has 1 heterocycles. The van der Waals surface area contributed by atoms with Crippen LogP contribution in [-0.4, -0.2) is 4.98 Å². The summed E-state index contributed by atoms with van der Waals surface area (Å²) in [7, 11) is 0. The zero-order valence-corrected chi connectivity index (χ0v) is 8.65. The first-order chi connectivity index (χ1) is 6.88. The molecular formula is C13H18N. The molecule has 1 radical (unpaired) electrons. The summed E-state index contributed by atoms with van der Waals surface area (Å²) in [6.07, 6.45) is 8.71. The molecule has 1 aliphatic rings. The Labute approximate surface area is 86.6 Å². The minimum Gasteiger partial charge on any atom is -0.261 e. The van der Waals surface area contributed by atoms with Crippen molar-refractivity contribution < 1.29 is 0 Å². The highest BCUT2D eigenvalue weighted by molar-refractivity contribution is 5.12. The molecule has 1 aliphatic carbocycles. The van der Waals surface area contributed by atoms with Crippen molar-refractivity contribution in [3.05, 3.63) is 37.0 Å². The van der Waals surface area contributed by atoms with Crippen molar-refractivity contribution in [1.29, 1.82) is 0 Å². The highest BCUT2D eigenvalue weighted by Gasteiger charge is 2.21. The second-order valence-corrected chi connectivity index (χ2v) is 4.26. The van der Waals surface area contributed by atoms with Gasteiger partial charge < -0.3 is 0 Å². The van der Waals surface area contributed by atoms with Gasteiger partial charge in [0.1, 0.15) is 0 Å². The molecule has 0 amide bonds. The van der Waals surface area contributed by atoms with E-state index in [-0.39, 0.29) is 0 Å². The van der Waals surface area contributed by atoms with Crippen LogP contribution in [-0.2, 0) is 0 Å². The lowest BCUT2D eigenvalue weighted by Crippen LogP contribution is -2.14. The van der Waals surface area contributed by atoms with Gasteiger partial charge in [-0.3, -0.25) is 4.98 Å². The third-order valence-corrected chi connectivity index (χ3v) is 3.29. The van der Waals surface area contributed by atoms with Crippen molar-refractivity contribution in [2.45, 2.75) is 38.0 Å². The molecule has 14 heavy (non-hydrogen) atoms. The Morgan fingerprint density at radius 1 is 1.21 bits per heavy atom. The van der Waals surface area contributed by atoms with Crippen LogP contribution in [0.3, 0.4) is 0 Å². The molecule has 0 aliphatic heterocycles. The third kappa shape index (κ3) is 2.14. The minimum atomic E-state index is 0.400. The summed E-state index contributed by atoms with van der Waals surface area (Å²) in [5, 5.41) is 0. The van der Waals surface area contributed by atoms with Crippen LogP contribution in [0, 0.1) is 12.8 Å². The predicted octanol–water partition coefficient (Wildman–Crippen LogP) is 3.58. The first kappa shape index (κ1) is 9.70. The van der Waals surface area contributed by atoms with Crippen LogP contribution in [0.4, 0.5) is 0 Å².